The van der Waals surface area contributed by atoms with Crippen LogP contribution in [0.2, 0.25) is 0 Å². The second-order valence-electron chi connectivity index (χ2n) is 4.91. The summed E-state index contributed by atoms with van der Waals surface area (Å²) in [5.74, 6) is -1.88. The van der Waals surface area contributed by atoms with Crippen molar-refractivity contribution in [3.63, 3.8) is 0 Å². The molecule has 0 aliphatic carbocycles. The summed E-state index contributed by atoms with van der Waals surface area (Å²) in [5.41, 5.74) is 0.216. The molecular formula is C14H17F2NO2. The van der Waals surface area contributed by atoms with E-state index >= 15 is 0 Å². The van der Waals surface area contributed by atoms with Crippen molar-refractivity contribution < 1.29 is 18.7 Å². The number of hydrogen-bond acceptors (Lipinski definition) is 2. The van der Waals surface area contributed by atoms with E-state index in [0.717, 1.165) is 37.5 Å². The van der Waals surface area contributed by atoms with Gasteiger partial charge < -0.3 is 5.11 Å². The number of benzene rings is 1. The minimum absolute atomic E-state index is 0.139. The van der Waals surface area contributed by atoms with Crippen LogP contribution in [0.4, 0.5) is 8.78 Å². The molecular weight excluding hydrogens is 252 g/mol. The van der Waals surface area contributed by atoms with Crippen LogP contribution in [-0.2, 0) is 11.3 Å². The van der Waals surface area contributed by atoms with Crippen molar-refractivity contribution in [3.05, 3.63) is 35.4 Å². The fraction of sp³-hybridized carbons (Fsp3) is 0.500. The molecule has 1 aliphatic heterocycles. The largest absolute Gasteiger partial charge is 0.480 e. The van der Waals surface area contributed by atoms with E-state index in [2.05, 4.69) is 0 Å². The fourth-order valence-corrected chi connectivity index (χ4v) is 2.52. The molecule has 3 nitrogen and oxygen atoms in total. The molecule has 0 radical (unpaired) electrons. The highest BCUT2D eigenvalue weighted by molar-refractivity contribution is 5.73. The Morgan fingerprint density at radius 2 is 2.11 bits per heavy atom. The van der Waals surface area contributed by atoms with Crippen molar-refractivity contribution in [1.82, 2.24) is 4.90 Å². The first-order valence-electron chi connectivity index (χ1n) is 6.48. The number of carboxylic acid groups (broad SMARTS) is 1. The minimum Gasteiger partial charge on any atom is -0.480 e. The number of likely N-dealkylation sites (tertiary alicyclic amines) is 1. The van der Waals surface area contributed by atoms with Gasteiger partial charge in [-0.25, -0.2) is 8.78 Å². The van der Waals surface area contributed by atoms with Gasteiger partial charge in [-0.3, -0.25) is 9.69 Å². The van der Waals surface area contributed by atoms with Gasteiger partial charge in [-0.05, 0) is 37.6 Å². The van der Waals surface area contributed by atoms with Crippen LogP contribution in [0.25, 0.3) is 0 Å². The van der Waals surface area contributed by atoms with Gasteiger partial charge in [-0.1, -0.05) is 12.8 Å². The summed E-state index contributed by atoms with van der Waals surface area (Å²) in [5, 5.41) is 9.23. The lowest BCUT2D eigenvalue weighted by Gasteiger charge is -2.26. The molecule has 1 atom stereocenters. The summed E-state index contributed by atoms with van der Waals surface area (Å²) in [4.78, 5) is 13.0. The average molecular weight is 269 g/mol. The average Bonchev–Trinajstić information content (AvgIpc) is 2.59. The Kier molecular flexibility index (Phi) is 4.47. The van der Waals surface area contributed by atoms with Crippen LogP contribution in [0.1, 0.15) is 31.2 Å². The number of nitrogens with zero attached hydrogens (tertiary/aromatic N) is 1. The van der Waals surface area contributed by atoms with Crippen LogP contribution >= 0.6 is 0 Å². The molecule has 1 fully saturated rings. The van der Waals surface area contributed by atoms with Gasteiger partial charge >= 0.3 is 5.97 Å². The lowest BCUT2D eigenvalue weighted by Crippen LogP contribution is -2.40. The van der Waals surface area contributed by atoms with E-state index in [0.29, 0.717) is 13.0 Å². The van der Waals surface area contributed by atoms with Crippen LogP contribution in [0, 0.1) is 11.6 Å². The molecule has 1 aromatic rings. The van der Waals surface area contributed by atoms with E-state index in [1.807, 2.05) is 0 Å². The van der Waals surface area contributed by atoms with Crippen molar-refractivity contribution >= 4 is 5.97 Å². The van der Waals surface area contributed by atoms with Gasteiger partial charge in [0.1, 0.15) is 17.7 Å². The first kappa shape index (κ1) is 13.9. The molecule has 1 unspecified atom stereocenters. The number of carbonyl (C=O) groups is 1. The number of halogens is 2. The molecule has 1 saturated heterocycles. The summed E-state index contributed by atoms with van der Waals surface area (Å²) >= 11 is 0. The van der Waals surface area contributed by atoms with E-state index in [-0.39, 0.29) is 12.1 Å². The molecule has 0 spiro atoms. The highest BCUT2D eigenvalue weighted by Crippen LogP contribution is 2.21. The quantitative estimate of drug-likeness (QED) is 0.917. The number of hydrogen-bond donors (Lipinski definition) is 1. The smallest absolute Gasteiger partial charge is 0.320 e. The van der Waals surface area contributed by atoms with Gasteiger partial charge in [0, 0.05) is 12.1 Å². The maximum Gasteiger partial charge on any atom is 0.320 e. The maximum absolute atomic E-state index is 13.6. The van der Waals surface area contributed by atoms with Gasteiger partial charge in [-0.2, -0.15) is 0 Å². The summed E-state index contributed by atoms with van der Waals surface area (Å²) in [7, 11) is 0. The maximum atomic E-state index is 13.6. The molecule has 2 rings (SSSR count). The molecule has 1 aromatic carbocycles. The molecule has 1 heterocycles. The Morgan fingerprint density at radius 3 is 2.84 bits per heavy atom. The lowest BCUT2D eigenvalue weighted by molar-refractivity contribution is -0.143. The predicted molar refractivity (Wildman–Crippen MR) is 66.7 cm³/mol. The van der Waals surface area contributed by atoms with Gasteiger partial charge in [-0.15, -0.1) is 0 Å². The number of rotatable bonds is 3. The summed E-state index contributed by atoms with van der Waals surface area (Å²) < 4.78 is 26.7. The summed E-state index contributed by atoms with van der Waals surface area (Å²) in [6, 6.07) is 2.68. The van der Waals surface area contributed by atoms with E-state index in [4.69, 9.17) is 0 Å². The van der Waals surface area contributed by atoms with Crippen molar-refractivity contribution in [2.24, 2.45) is 0 Å². The Balaban J connectivity index is 2.18. The molecule has 1 N–H and O–H groups in total. The van der Waals surface area contributed by atoms with Crippen molar-refractivity contribution in [2.45, 2.75) is 38.3 Å². The van der Waals surface area contributed by atoms with Crippen molar-refractivity contribution in [2.75, 3.05) is 6.54 Å². The van der Waals surface area contributed by atoms with Gasteiger partial charge in [0.2, 0.25) is 0 Å². The molecule has 19 heavy (non-hydrogen) atoms. The highest BCUT2D eigenvalue weighted by atomic mass is 19.1. The molecule has 0 amide bonds. The first-order chi connectivity index (χ1) is 9.08. The summed E-state index contributed by atoms with van der Waals surface area (Å²) in [6.07, 6.45) is 3.29. The molecule has 1 aliphatic rings. The van der Waals surface area contributed by atoms with E-state index < -0.39 is 23.6 Å². The molecule has 0 saturated carbocycles. The zero-order valence-electron chi connectivity index (χ0n) is 10.6. The number of aliphatic carboxylic acids is 1. The van der Waals surface area contributed by atoms with E-state index in [1.54, 1.807) is 4.90 Å². The third-order valence-corrected chi connectivity index (χ3v) is 3.53. The molecule has 0 bridgehead atoms. The van der Waals surface area contributed by atoms with E-state index in [1.165, 1.54) is 0 Å². The third-order valence-electron chi connectivity index (χ3n) is 3.53. The normalized spacial score (nSPS) is 21.1. The fourth-order valence-electron chi connectivity index (χ4n) is 2.52. The summed E-state index contributed by atoms with van der Waals surface area (Å²) in [6.45, 7) is 0.744. The SMILES string of the molecule is O=C(O)C1CCCCCN1Cc1cc(F)ccc1F. The Hall–Kier alpha value is -1.49. The molecule has 0 aromatic heterocycles. The molecule has 104 valence electrons. The van der Waals surface area contributed by atoms with Crippen LogP contribution in [0.15, 0.2) is 18.2 Å². The van der Waals surface area contributed by atoms with Gasteiger partial charge in [0.25, 0.3) is 0 Å². The van der Waals surface area contributed by atoms with Crippen LogP contribution < -0.4 is 0 Å². The Labute approximate surface area is 110 Å². The number of carboxylic acids is 1. The lowest BCUT2D eigenvalue weighted by atomic mass is 10.1. The van der Waals surface area contributed by atoms with Gasteiger partial charge in [0.15, 0.2) is 0 Å². The molecule has 5 heteroatoms. The van der Waals surface area contributed by atoms with Gasteiger partial charge in [0.05, 0.1) is 0 Å². The predicted octanol–water partition coefficient (Wildman–Crippen LogP) is 2.79. The minimum atomic E-state index is -0.890. The monoisotopic (exact) mass is 269 g/mol. The van der Waals surface area contributed by atoms with Crippen LogP contribution in [0.5, 0.6) is 0 Å². The Bertz CT molecular complexity index is 465. The third kappa shape index (κ3) is 3.50. The van der Waals surface area contributed by atoms with Crippen LogP contribution in [0.3, 0.4) is 0 Å². The van der Waals surface area contributed by atoms with Crippen LogP contribution in [-0.4, -0.2) is 28.6 Å². The first-order valence-corrected chi connectivity index (χ1v) is 6.48. The second kappa shape index (κ2) is 6.10. The zero-order chi connectivity index (χ0) is 13.8. The highest BCUT2D eigenvalue weighted by Gasteiger charge is 2.27. The topological polar surface area (TPSA) is 40.5 Å². The standard InChI is InChI=1S/C14H17F2NO2/c15-11-5-6-12(16)10(8-11)9-17-7-3-1-2-4-13(17)14(18)19/h5-6,8,13H,1-4,7,9H2,(H,18,19). The van der Waals surface area contributed by atoms with Crippen molar-refractivity contribution in [1.29, 1.82) is 0 Å². The van der Waals surface area contributed by atoms with Crippen molar-refractivity contribution in [3.8, 4) is 0 Å². The van der Waals surface area contributed by atoms with E-state index in [9.17, 15) is 18.7 Å². The second-order valence-corrected chi connectivity index (χ2v) is 4.91. The Morgan fingerprint density at radius 1 is 1.32 bits per heavy atom. The zero-order valence-corrected chi connectivity index (χ0v) is 10.6.